The first-order chi connectivity index (χ1) is 36.5. The van der Waals surface area contributed by atoms with E-state index in [0.717, 1.165) is 16.7 Å². The third kappa shape index (κ3) is 16.0. The van der Waals surface area contributed by atoms with Crippen LogP contribution in [0.25, 0.3) is 0 Å². The summed E-state index contributed by atoms with van der Waals surface area (Å²) in [5.74, 6) is 0. The zero-order valence-corrected chi connectivity index (χ0v) is 43.5. The molecule has 77 heavy (non-hydrogen) atoms. The molecule has 6 rings (SSSR count). The molecule has 0 aliphatic carbocycles. The maximum atomic E-state index is 11.3. The fraction of sp³-hybridized carbons (Fsp3) is 0.878. The highest BCUT2D eigenvalue weighted by atomic mass is 16.8. The Morgan fingerprint density at radius 1 is 0.403 bits per heavy atom. The van der Waals surface area contributed by atoms with Crippen molar-refractivity contribution in [3.05, 3.63) is 34.9 Å². The minimum Gasteiger partial charge on any atom is -0.394 e. The summed E-state index contributed by atoms with van der Waals surface area (Å²) >= 11 is 0. The number of allylic oxidation sites excluding steroid dienone is 4. The van der Waals surface area contributed by atoms with E-state index in [1.54, 1.807) is 13.0 Å². The lowest BCUT2D eigenvalue weighted by Gasteiger charge is -2.47. The molecule has 6 aliphatic rings. The molecule has 0 bridgehead atoms. The summed E-state index contributed by atoms with van der Waals surface area (Å²) in [6, 6.07) is 0. The van der Waals surface area contributed by atoms with Crippen molar-refractivity contribution in [1.29, 1.82) is 0 Å². The number of ether oxygens (including phenoxy) is 12. The van der Waals surface area contributed by atoms with Crippen molar-refractivity contribution in [2.75, 3.05) is 39.6 Å². The van der Waals surface area contributed by atoms with Gasteiger partial charge in [-0.25, -0.2) is 0 Å². The second-order valence-corrected chi connectivity index (χ2v) is 20.6. The summed E-state index contributed by atoms with van der Waals surface area (Å²) in [4.78, 5) is 0. The molecule has 0 spiro atoms. The molecule has 446 valence electrons. The first kappa shape index (κ1) is 64.3. The maximum absolute atomic E-state index is 11.3. The Morgan fingerprint density at radius 3 is 1.22 bits per heavy atom. The minimum atomic E-state index is -1.80. The van der Waals surface area contributed by atoms with Crippen molar-refractivity contribution in [3.63, 3.8) is 0 Å². The highest BCUT2D eigenvalue weighted by molar-refractivity contribution is 5.07. The molecule has 6 heterocycles. The highest BCUT2D eigenvalue weighted by Gasteiger charge is 2.55. The Morgan fingerprint density at radius 2 is 0.792 bits per heavy atom. The fourth-order valence-corrected chi connectivity index (χ4v) is 9.48. The van der Waals surface area contributed by atoms with Crippen molar-refractivity contribution in [1.82, 2.24) is 0 Å². The van der Waals surface area contributed by atoms with Crippen LogP contribution in [0.1, 0.15) is 60.3 Å². The third-order valence-corrected chi connectivity index (χ3v) is 14.5. The van der Waals surface area contributed by atoms with Crippen molar-refractivity contribution in [3.8, 4) is 0 Å². The third-order valence-electron chi connectivity index (χ3n) is 14.5. The molecule has 0 aromatic rings. The minimum absolute atomic E-state index is 0.0458. The summed E-state index contributed by atoms with van der Waals surface area (Å²) in [5, 5.41) is 168. The van der Waals surface area contributed by atoms with Crippen LogP contribution in [0.15, 0.2) is 34.9 Å². The molecule has 28 nitrogen and oxygen atoms in total. The van der Waals surface area contributed by atoms with Crippen molar-refractivity contribution in [2.24, 2.45) is 0 Å². The second kappa shape index (κ2) is 29.4. The maximum Gasteiger partial charge on any atom is 0.187 e. The molecule has 28 unspecified atom stereocenters. The van der Waals surface area contributed by atoms with Crippen LogP contribution in [0, 0.1) is 0 Å². The number of aliphatic hydroxyl groups excluding tert-OH is 16. The van der Waals surface area contributed by atoms with Gasteiger partial charge in [0.2, 0.25) is 0 Å². The lowest BCUT2D eigenvalue weighted by atomic mass is 9.97. The molecule has 6 aliphatic heterocycles. The van der Waals surface area contributed by atoms with Gasteiger partial charge in [0.15, 0.2) is 37.7 Å². The van der Waals surface area contributed by atoms with E-state index in [0.29, 0.717) is 25.7 Å². The molecule has 0 aromatic carbocycles. The van der Waals surface area contributed by atoms with Crippen LogP contribution in [0.3, 0.4) is 0 Å². The first-order valence-corrected chi connectivity index (χ1v) is 25.9. The summed E-state index contributed by atoms with van der Waals surface area (Å²) in [6.07, 6.45) is -34.5. The van der Waals surface area contributed by atoms with Gasteiger partial charge in [-0.3, -0.25) is 0 Å². The van der Waals surface area contributed by atoms with E-state index in [1.165, 1.54) is 13.8 Å². The normalized spacial score (nSPS) is 46.8. The predicted molar refractivity (Wildman–Crippen MR) is 255 cm³/mol. The van der Waals surface area contributed by atoms with E-state index in [9.17, 15) is 81.7 Å². The van der Waals surface area contributed by atoms with Crippen LogP contribution >= 0.6 is 0 Å². The molecule has 16 N–H and O–H groups in total. The van der Waals surface area contributed by atoms with Crippen LogP contribution in [-0.4, -0.2) is 293 Å². The van der Waals surface area contributed by atoms with Crippen LogP contribution < -0.4 is 0 Å². The molecule has 0 amide bonds. The zero-order valence-electron chi connectivity index (χ0n) is 43.5. The molecular weight excluding hydrogens is 1040 g/mol. The molecule has 0 radical (unpaired) electrons. The largest absolute Gasteiger partial charge is 0.394 e. The van der Waals surface area contributed by atoms with Gasteiger partial charge in [-0.2, -0.15) is 0 Å². The van der Waals surface area contributed by atoms with Gasteiger partial charge in [0.25, 0.3) is 0 Å². The van der Waals surface area contributed by atoms with Crippen LogP contribution in [0.5, 0.6) is 0 Å². The van der Waals surface area contributed by atoms with E-state index in [4.69, 9.17) is 56.8 Å². The predicted octanol–water partition coefficient (Wildman–Crippen LogP) is -6.35. The molecule has 0 aromatic heterocycles. The van der Waals surface area contributed by atoms with E-state index in [2.05, 4.69) is 6.08 Å². The van der Waals surface area contributed by atoms with Gasteiger partial charge in [-0.15, -0.1) is 0 Å². The van der Waals surface area contributed by atoms with Gasteiger partial charge in [0, 0.05) is 0 Å². The Labute approximate surface area is 444 Å². The summed E-state index contributed by atoms with van der Waals surface area (Å²) < 4.78 is 68.6. The zero-order chi connectivity index (χ0) is 56.6. The van der Waals surface area contributed by atoms with E-state index in [1.807, 2.05) is 19.9 Å². The Bertz CT molecular complexity index is 1880. The molecule has 28 heteroatoms. The van der Waals surface area contributed by atoms with Gasteiger partial charge in [-0.05, 0) is 60.3 Å². The van der Waals surface area contributed by atoms with E-state index >= 15 is 0 Å². The molecular formula is C49H82O28. The Kier molecular flexibility index (Phi) is 24.5. The van der Waals surface area contributed by atoms with E-state index < -0.39 is 198 Å². The number of rotatable bonds is 22. The molecule has 6 fully saturated rings. The van der Waals surface area contributed by atoms with Gasteiger partial charge in [-0.1, -0.05) is 34.9 Å². The van der Waals surface area contributed by atoms with Crippen LogP contribution in [0.4, 0.5) is 0 Å². The quantitative estimate of drug-likeness (QED) is 0.0448. The van der Waals surface area contributed by atoms with Crippen molar-refractivity contribution < 1.29 is 139 Å². The number of hydrogen-bond acceptors (Lipinski definition) is 28. The van der Waals surface area contributed by atoms with E-state index in [-0.39, 0.29) is 13.2 Å². The average Bonchev–Trinajstić information content (AvgIpc) is 3.41. The monoisotopic (exact) mass is 1120 g/mol. The first-order valence-electron chi connectivity index (χ1n) is 25.9. The Hall–Kier alpha value is -1.90. The number of aliphatic hydroxyl groups is 16. The SMILES string of the molecule is CC(=CCCC(C)=CCOC1OC(CO)C(O)C(O)C1OC1OC(C)C(O)C(OC2OCC(O)C(O)C2O)C1O)CCC=C(C)COC1OC(CO)C(O)C(O)C1OC1OC(C)C(O)C(OC2OCC(O)C(O)C2O)C1O. The standard InChI is InChI=1S/C49H82O28/c1-19(9-7-11-21(3)16-67-49-43(35(61)33(59)27(15-51)73-49)77-47-39(65)41(29(55)23(5)71-47)75-45-37(63)31(57)25(53)18-69-45)8-6-10-20(2)12-13-66-48-42(34(60)32(58)26(14-50)72-48)76-46-38(64)40(28(54)22(4)70-46)74-44-36(62)30(56)24(52)17-68-44/h8,11-12,22-65H,6-7,9-10,13-18H2,1-5H3. The summed E-state index contributed by atoms with van der Waals surface area (Å²) in [7, 11) is 0. The van der Waals surface area contributed by atoms with Crippen LogP contribution in [-0.2, 0) is 56.8 Å². The van der Waals surface area contributed by atoms with Gasteiger partial charge >= 0.3 is 0 Å². The molecule has 6 saturated heterocycles. The lowest BCUT2D eigenvalue weighted by Crippen LogP contribution is -2.65. The lowest BCUT2D eigenvalue weighted by molar-refractivity contribution is -0.378. The van der Waals surface area contributed by atoms with Crippen molar-refractivity contribution >= 4 is 0 Å². The van der Waals surface area contributed by atoms with Gasteiger partial charge < -0.3 is 139 Å². The summed E-state index contributed by atoms with van der Waals surface area (Å²) in [6.45, 7) is 6.23. The second-order valence-electron chi connectivity index (χ2n) is 20.6. The molecule has 0 saturated carbocycles. The van der Waals surface area contributed by atoms with Crippen LogP contribution in [0.2, 0.25) is 0 Å². The topological polar surface area (TPSA) is 434 Å². The summed E-state index contributed by atoms with van der Waals surface area (Å²) in [5.41, 5.74) is 2.75. The smallest absolute Gasteiger partial charge is 0.187 e. The number of hydrogen-bond donors (Lipinski definition) is 16. The van der Waals surface area contributed by atoms with Gasteiger partial charge in [0.05, 0.1) is 51.8 Å². The van der Waals surface area contributed by atoms with Crippen molar-refractivity contribution in [2.45, 2.75) is 232 Å². The Balaban J connectivity index is 0.975. The fourth-order valence-electron chi connectivity index (χ4n) is 9.48. The highest BCUT2D eigenvalue weighted by Crippen LogP contribution is 2.35. The molecule has 28 atom stereocenters. The average molecular weight is 1120 g/mol. The van der Waals surface area contributed by atoms with Gasteiger partial charge in [0.1, 0.15) is 122 Å².